The largest absolute Gasteiger partial charge is 0.497 e. The Morgan fingerprint density at radius 1 is 1.16 bits per heavy atom. The van der Waals surface area contributed by atoms with Crippen LogP contribution < -0.4 is 14.8 Å². The van der Waals surface area contributed by atoms with Crippen molar-refractivity contribution in [3.05, 3.63) is 59.8 Å². The number of fused-ring (bicyclic) bond motifs is 1. The summed E-state index contributed by atoms with van der Waals surface area (Å²) in [6.07, 6.45) is 2.85. The third-order valence-corrected chi connectivity index (χ3v) is 4.81. The number of halogens is 1. The average molecular weight is 456 g/mol. The average Bonchev–Trinajstić information content (AvgIpc) is 3.47. The fourth-order valence-electron chi connectivity index (χ4n) is 3.11. The third kappa shape index (κ3) is 4.35. The van der Waals surface area contributed by atoms with Crippen LogP contribution in [-0.4, -0.2) is 52.5 Å². The highest BCUT2D eigenvalue weighted by molar-refractivity contribution is 6.31. The van der Waals surface area contributed by atoms with E-state index in [4.69, 9.17) is 25.8 Å². The van der Waals surface area contributed by atoms with Crippen molar-refractivity contribution in [2.45, 2.75) is 0 Å². The number of nitrogens with zero attached hydrogens (tertiary/aromatic N) is 3. The molecule has 4 aromatic rings. The van der Waals surface area contributed by atoms with E-state index >= 15 is 0 Å². The number of nitrogens with one attached hydrogen (secondary N) is 2. The van der Waals surface area contributed by atoms with Crippen LogP contribution in [0.15, 0.2) is 49.1 Å². The van der Waals surface area contributed by atoms with Gasteiger partial charge in [-0.1, -0.05) is 11.6 Å². The minimum Gasteiger partial charge on any atom is -0.497 e. The summed E-state index contributed by atoms with van der Waals surface area (Å²) in [7, 11) is 3.05. The SMILES string of the molecule is COc1cc(OC)c2[nH]c(C(=O)OCC(=O)Nc3cc(Cl)ccc3-n3cncn3)cc2c1. The lowest BCUT2D eigenvalue weighted by atomic mass is 10.2. The summed E-state index contributed by atoms with van der Waals surface area (Å²) in [5.41, 5.74) is 1.74. The molecule has 0 aliphatic heterocycles. The summed E-state index contributed by atoms with van der Waals surface area (Å²) in [6.45, 7) is -0.502. The summed E-state index contributed by atoms with van der Waals surface area (Å²) in [5.74, 6) is -0.146. The van der Waals surface area contributed by atoms with Gasteiger partial charge in [-0.15, -0.1) is 0 Å². The summed E-state index contributed by atoms with van der Waals surface area (Å²) < 4.78 is 17.2. The van der Waals surface area contributed by atoms with Crippen LogP contribution in [0.25, 0.3) is 16.6 Å². The maximum Gasteiger partial charge on any atom is 0.355 e. The number of anilines is 1. The molecule has 0 saturated carbocycles. The summed E-state index contributed by atoms with van der Waals surface area (Å²) >= 11 is 6.05. The summed E-state index contributed by atoms with van der Waals surface area (Å²) in [6, 6.07) is 9.95. The molecule has 164 valence electrons. The smallest absolute Gasteiger partial charge is 0.355 e. The molecule has 2 aromatic heterocycles. The topological polar surface area (TPSA) is 120 Å². The van der Waals surface area contributed by atoms with Crippen LogP contribution in [0.4, 0.5) is 5.69 Å². The van der Waals surface area contributed by atoms with Crippen molar-refractivity contribution in [3.63, 3.8) is 0 Å². The number of hydrogen-bond donors (Lipinski definition) is 2. The van der Waals surface area contributed by atoms with Crippen LogP contribution in [0.2, 0.25) is 5.02 Å². The number of benzene rings is 2. The highest BCUT2D eigenvalue weighted by Gasteiger charge is 2.17. The summed E-state index contributed by atoms with van der Waals surface area (Å²) in [5, 5.41) is 7.84. The van der Waals surface area contributed by atoms with Gasteiger partial charge >= 0.3 is 5.97 Å². The first-order valence-electron chi connectivity index (χ1n) is 9.34. The number of methoxy groups -OCH3 is 2. The lowest BCUT2D eigenvalue weighted by Crippen LogP contribution is -2.22. The van der Waals surface area contributed by atoms with E-state index in [-0.39, 0.29) is 5.69 Å². The molecule has 0 saturated heterocycles. The minimum absolute atomic E-state index is 0.172. The number of esters is 1. The Labute approximate surface area is 187 Å². The molecule has 0 spiro atoms. The van der Waals surface area contributed by atoms with Crippen molar-refractivity contribution in [3.8, 4) is 17.2 Å². The highest BCUT2D eigenvalue weighted by Crippen LogP contribution is 2.31. The first kappa shape index (κ1) is 21.2. The molecule has 0 aliphatic carbocycles. The Bertz CT molecular complexity index is 1290. The lowest BCUT2D eigenvalue weighted by Gasteiger charge is -2.11. The zero-order valence-electron chi connectivity index (χ0n) is 17.1. The Kier molecular flexibility index (Phi) is 5.95. The zero-order valence-corrected chi connectivity index (χ0v) is 17.8. The molecule has 0 atom stereocenters. The van der Waals surface area contributed by atoms with E-state index in [1.54, 1.807) is 36.4 Å². The molecule has 2 aromatic carbocycles. The molecule has 0 fully saturated rings. The quantitative estimate of drug-likeness (QED) is 0.410. The maximum absolute atomic E-state index is 12.5. The lowest BCUT2D eigenvalue weighted by molar-refractivity contribution is -0.119. The second-order valence-electron chi connectivity index (χ2n) is 6.60. The first-order valence-corrected chi connectivity index (χ1v) is 9.72. The van der Waals surface area contributed by atoms with Gasteiger partial charge in [0.25, 0.3) is 5.91 Å². The van der Waals surface area contributed by atoms with Crippen molar-refractivity contribution < 1.29 is 23.8 Å². The van der Waals surface area contributed by atoms with Crippen molar-refractivity contribution >= 4 is 40.1 Å². The van der Waals surface area contributed by atoms with E-state index in [0.29, 0.717) is 38.8 Å². The molecule has 1 amide bonds. The van der Waals surface area contributed by atoms with Gasteiger partial charge in [0.2, 0.25) is 0 Å². The van der Waals surface area contributed by atoms with Crippen LogP contribution in [0.5, 0.6) is 11.5 Å². The standard InChI is InChI=1S/C21H18ClN5O5/c1-30-14-5-12-6-16(26-20(12)18(8-14)31-2)21(29)32-9-19(28)25-15-7-13(22)3-4-17(15)27-11-23-10-24-27/h3-8,10-11,26H,9H2,1-2H3,(H,25,28). The number of aromatic amines is 1. The molecular weight excluding hydrogens is 438 g/mol. The fraction of sp³-hybridized carbons (Fsp3) is 0.143. The number of carbonyl (C=O) groups is 2. The van der Waals surface area contributed by atoms with Gasteiger partial charge in [0.1, 0.15) is 29.8 Å². The number of amides is 1. The first-order chi connectivity index (χ1) is 15.5. The van der Waals surface area contributed by atoms with Gasteiger partial charge in [-0.3, -0.25) is 4.79 Å². The molecule has 2 heterocycles. The van der Waals surface area contributed by atoms with Crippen LogP contribution in [0, 0.1) is 0 Å². The number of aromatic nitrogens is 4. The van der Waals surface area contributed by atoms with Gasteiger partial charge in [-0.2, -0.15) is 5.10 Å². The normalized spacial score (nSPS) is 10.7. The molecule has 0 aliphatic rings. The van der Waals surface area contributed by atoms with E-state index in [1.165, 1.54) is 31.6 Å². The maximum atomic E-state index is 12.5. The highest BCUT2D eigenvalue weighted by atomic mass is 35.5. The molecule has 11 heteroatoms. The second kappa shape index (κ2) is 8.98. The minimum atomic E-state index is -0.694. The molecule has 2 N–H and O–H groups in total. The van der Waals surface area contributed by atoms with E-state index in [9.17, 15) is 9.59 Å². The number of carbonyl (C=O) groups excluding carboxylic acids is 2. The van der Waals surface area contributed by atoms with Crippen molar-refractivity contribution in [1.82, 2.24) is 19.7 Å². The third-order valence-electron chi connectivity index (χ3n) is 4.57. The van der Waals surface area contributed by atoms with Gasteiger partial charge in [-0.25, -0.2) is 14.5 Å². The fourth-order valence-corrected chi connectivity index (χ4v) is 3.28. The van der Waals surface area contributed by atoms with Gasteiger partial charge in [-0.05, 0) is 30.3 Å². The second-order valence-corrected chi connectivity index (χ2v) is 7.04. The van der Waals surface area contributed by atoms with Gasteiger partial charge in [0.15, 0.2) is 6.61 Å². The summed E-state index contributed by atoms with van der Waals surface area (Å²) in [4.78, 5) is 31.7. The van der Waals surface area contributed by atoms with Gasteiger partial charge in [0, 0.05) is 16.5 Å². The zero-order chi connectivity index (χ0) is 22.7. The van der Waals surface area contributed by atoms with E-state index in [0.717, 1.165) is 0 Å². The molecule has 4 rings (SSSR count). The predicted molar refractivity (Wildman–Crippen MR) is 117 cm³/mol. The van der Waals surface area contributed by atoms with Crippen LogP contribution in [0.1, 0.15) is 10.5 Å². The van der Waals surface area contributed by atoms with Crippen molar-refractivity contribution in [2.24, 2.45) is 0 Å². The molecular formula is C21H18ClN5O5. The van der Waals surface area contributed by atoms with Crippen LogP contribution >= 0.6 is 11.6 Å². The predicted octanol–water partition coefficient (Wildman–Crippen LogP) is 3.21. The number of H-pyrrole nitrogens is 1. The van der Waals surface area contributed by atoms with E-state index in [2.05, 4.69) is 20.4 Å². The van der Waals surface area contributed by atoms with Crippen LogP contribution in [-0.2, 0) is 9.53 Å². The van der Waals surface area contributed by atoms with Crippen LogP contribution in [0.3, 0.4) is 0 Å². The molecule has 0 unspecified atom stereocenters. The molecule has 0 bridgehead atoms. The number of ether oxygens (including phenoxy) is 3. The number of rotatable bonds is 7. The van der Waals surface area contributed by atoms with Crippen molar-refractivity contribution in [1.29, 1.82) is 0 Å². The Morgan fingerprint density at radius 2 is 2.00 bits per heavy atom. The Hall–Kier alpha value is -4.05. The van der Waals surface area contributed by atoms with Crippen molar-refractivity contribution in [2.75, 3.05) is 26.1 Å². The molecule has 0 radical (unpaired) electrons. The Morgan fingerprint density at radius 3 is 2.72 bits per heavy atom. The van der Waals surface area contributed by atoms with E-state index in [1.807, 2.05) is 0 Å². The van der Waals surface area contributed by atoms with Gasteiger partial charge < -0.3 is 24.5 Å². The van der Waals surface area contributed by atoms with E-state index < -0.39 is 18.5 Å². The molecule has 10 nitrogen and oxygen atoms in total. The monoisotopic (exact) mass is 455 g/mol. The molecule has 32 heavy (non-hydrogen) atoms. The Balaban J connectivity index is 1.46. The van der Waals surface area contributed by atoms with Gasteiger partial charge in [0.05, 0.1) is 31.1 Å². The number of hydrogen-bond acceptors (Lipinski definition) is 7.